The van der Waals surface area contributed by atoms with Crippen LogP contribution in [0.3, 0.4) is 0 Å². The van der Waals surface area contributed by atoms with Crippen LogP contribution in [0.2, 0.25) is 0 Å². The Labute approximate surface area is 133 Å². The van der Waals surface area contributed by atoms with Crippen LogP contribution >= 0.6 is 27.5 Å². The molecule has 0 bridgehead atoms. The van der Waals surface area contributed by atoms with E-state index in [0.29, 0.717) is 40.3 Å². The van der Waals surface area contributed by atoms with Crippen LogP contribution in [0.5, 0.6) is 0 Å². The summed E-state index contributed by atoms with van der Waals surface area (Å²) in [6.07, 6.45) is 0.605. The summed E-state index contributed by atoms with van der Waals surface area (Å²) >= 11 is 8.98. The molecule has 0 saturated carbocycles. The molecule has 0 radical (unpaired) electrons. The Morgan fingerprint density at radius 1 is 1.50 bits per heavy atom. The predicted molar refractivity (Wildman–Crippen MR) is 85.4 cm³/mol. The van der Waals surface area contributed by atoms with Gasteiger partial charge in [0, 0.05) is 47.2 Å². The lowest BCUT2D eigenvalue weighted by Crippen LogP contribution is -2.12. The lowest BCUT2D eigenvalue weighted by atomic mass is 10.3. The summed E-state index contributed by atoms with van der Waals surface area (Å²) in [5.74, 6) is 2.11. The van der Waals surface area contributed by atoms with Gasteiger partial charge >= 0.3 is 0 Å². The number of aryl methyl sites for hydroxylation is 2. The van der Waals surface area contributed by atoms with Gasteiger partial charge in [-0.3, -0.25) is 4.21 Å². The van der Waals surface area contributed by atoms with Crippen LogP contribution < -0.4 is 0 Å². The molecule has 0 aliphatic carbocycles. The van der Waals surface area contributed by atoms with Gasteiger partial charge in [0.1, 0.15) is 11.6 Å². The van der Waals surface area contributed by atoms with Crippen molar-refractivity contribution in [2.24, 2.45) is 0 Å². The van der Waals surface area contributed by atoms with Crippen molar-refractivity contribution in [2.75, 3.05) is 17.4 Å². The van der Waals surface area contributed by atoms with E-state index in [9.17, 15) is 8.60 Å². The highest BCUT2D eigenvalue weighted by atomic mass is 79.9. The molecule has 0 N–H and O–H groups in total. The van der Waals surface area contributed by atoms with E-state index < -0.39 is 10.8 Å². The normalized spacial score (nSPS) is 13.0. The summed E-state index contributed by atoms with van der Waals surface area (Å²) in [6, 6.07) is 3.12. The average molecular weight is 382 g/mol. The molecule has 1 aromatic carbocycles. The van der Waals surface area contributed by atoms with Gasteiger partial charge in [-0.2, -0.15) is 0 Å². The van der Waals surface area contributed by atoms with Crippen molar-refractivity contribution < 1.29 is 8.60 Å². The van der Waals surface area contributed by atoms with Gasteiger partial charge in [0.2, 0.25) is 0 Å². The zero-order valence-corrected chi connectivity index (χ0v) is 14.2. The zero-order chi connectivity index (χ0) is 14.7. The summed E-state index contributed by atoms with van der Waals surface area (Å²) in [4.78, 5) is 4.43. The summed E-state index contributed by atoms with van der Waals surface area (Å²) in [6.45, 7) is 2.50. The highest BCUT2D eigenvalue weighted by Gasteiger charge is 2.13. The van der Waals surface area contributed by atoms with Crippen molar-refractivity contribution in [2.45, 2.75) is 19.9 Å². The van der Waals surface area contributed by atoms with E-state index in [1.165, 1.54) is 6.07 Å². The minimum atomic E-state index is -0.844. The second-order valence-electron chi connectivity index (χ2n) is 4.31. The molecule has 1 atom stereocenters. The Balaban J connectivity index is 2.44. The number of hydrogen-bond donors (Lipinski definition) is 0. The van der Waals surface area contributed by atoms with Crippen molar-refractivity contribution in [3.05, 3.63) is 28.2 Å². The number of hydrogen-bond acceptors (Lipinski definition) is 2. The SMILES string of the molecule is CCS(=O)CCn1c(CCCl)nc2cc(F)c(Br)cc21. The number of imidazole rings is 1. The lowest BCUT2D eigenvalue weighted by molar-refractivity contribution is 0.622. The van der Waals surface area contributed by atoms with Crippen LogP contribution in [0, 0.1) is 5.82 Å². The molecular weight excluding hydrogens is 367 g/mol. The fourth-order valence-electron chi connectivity index (χ4n) is 2.03. The molecule has 7 heteroatoms. The number of benzene rings is 1. The van der Waals surface area contributed by atoms with Crippen LogP contribution in [0.25, 0.3) is 11.0 Å². The summed E-state index contributed by atoms with van der Waals surface area (Å²) < 4.78 is 27.6. The quantitative estimate of drug-likeness (QED) is 0.718. The number of halogens is 3. The van der Waals surface area contributed by atoms with Gasteiger partial charge in [-0.05, 0) is 22.0 Å². The summed E-state index contributed by atoms with van der Waals surface area (Å²) in [7, 11) is -0.844. The van der Waals surface area contributed by atoms with Gasteiger partial charge in [-0.1, -0.05) is 6.92 Å². The van der Waals surface area contributed by atoms with E-state index in [1.54, 1.807) is 6.07 Å². The van der Waals surface area contributed by atoms with Gasteiger partial charge in [0.05, 0.1) is 15.5 Å². The van der Waals surface area contributed by atoms with Crippen LogP contribution in [0.1, 0.15) is 12.7 Å². The smallest absolute Gasteiger partial charge is 0.139 e. The fraction of sp³-hybridized carbons (Fsp3) is 0.462. The van der Waals surface area contributed by atoms with Crippen molar-refractivity contribution in [1.82, 2.24) is 9.55 Å². The molecule has 0 aliphatic heterocycles. The fourth-order valence-corrected chi connectivity index (χ4v) is 3.21. The average Bonchev–Trinajstić information content (AvgIpc) is 2.74. The molecule has 20 heavy (non-hydrogen) atoms. The predicted octanol–water partition coefficient (Wildman–Crippen LogP) is 3.49. The van der Waals surface area contributed by atoms with E-state index in [0.717, 1.165) is 11.3 Å². The first-order chi connectivity index (χ1) is 9.56. The number of alkyl halides is 1. The Hall–Kier alpha value is -0.460. The van der Waals surface area contributed by atoms with Crippen LogP contribution in [0.15, 0.2) is 16.6 Å². The first-order valence-electron chi connectivity index (χ1n) is 6.32. The molecule has 0 spiro atoms. The van der Waals surface area contributed by atoms with Gasteiger partial charge in [-0.25, -0.2) is 9.37 Å². The molecule has 3 nitrogen and oxygen atoms in total. The second-order valence-corrected chi connectivity index (χ2v) is 7.40. The minimum Gasteiger partial charge on any atom is -0.327 e. The molecule has 1 heterocycles. The third-order valence-corrected chi connectivity index (χ3v) is 5.13. The van der Waals surface area contributed by atoms with Crippen LogP contribution in [0.4, 0.5) is 4.39 Å². The Kier molecular flexibility index (Phi) is 5.57. The molecule has 0 saturated heterocycles. The highest BCUT2D eigenvalue weighted by Crippen LogP contribution is 2.24. The Bertz CT molecular complexity index is 647. The van der Waals surface area contributed by atoms with E-state index in [2.05, 4.69) is 20.9 Å². The number of rotatable bonds is 6. The third kappa shape index (κ3) is 3.40. The van der Waals surface area contributed by atoms with E-state index in [1.807, 2.05) is 11.5 Å². The van der Waals surface area contributed by atoms with Gasteiger partial charge in [-0.15, -0.1) is 11.6 Å². The van der Waals surface area contributed by atoms with Crippen molar-refractivity contribution in [3.63, 3.8) is 0 Å². The first kappa shape index (κ1) is 15.9. The molecule has 0 fully saturated rings. The van der Waals surface area contributed by atoms with Gasteiger partial charge < -0.3 is 4.57 Å². The Morgan fingerprint density at radius 3 is 2.90 bits per heavy atom. The molecule has 110 valence electrons. The molecule has 0 amide bonds. The topological polar surface area (TPSA) is 34.9 Å². The van der Waals surface area contributed by atoms with Crippen molar-refractivity contribution in [1.29, 1.82) is 0 Å². The third-order valence-electron chi connectivity index (χ3n) is 3.05. The molecular formula is C13H15BrClFN2OS. The second kappa shape index (κ2) is 7.00. The zero-order valence-electron chi connectivity index (χ0n) is 11.0. The lowest BCUT2D eigenvalue weighted by Gasteiger charge is -2.08. The maximum Gasteiger partial charge on any atom is 0.139 e. The number of aromatic nitrogens is 2. The molecule has 2 rings (SSSR count). The first-order valence-corrected chi connectivity index (χ1v) is 9.13. The number of nitrogens with zero attached hydrogens (tertiary/aromatic N) is 2. The van der Waals surface area contributed by atoms with Gasteiger partial charge in [0.15, 0.2) is 0 Å². The van der Waals surface area contributed by atoms with Crippen molar-refractivity contribution in [3.8, 4) is 0 Å². The minimum absolute atomic E-state index is 0.336. The maximum absolute atomic E-state index is 13.6. The van der Waals surface area contributed by atoms with Gasteiger partial charge in [0.25, 0.3) is 0 Å². The number of fused-ring (bicyclic) bond motifs is 1. The van der Waals surface area contributed by atoms with E-state index in [4.69, 9.17) is 11.6 Å². The summed E-state index contributed by atoms with van der Waals surface area (Å²) in [5, 5.41) is 0. The summed E-state index contributed by atoms with van der Waals surface area (Å²) in [5.41, 5.74) is 1.44. The van der Waals surface area contributed by atoms with Crippen molar-refractivity contribution >= 4 is 49.4 Å². The van der Waals surface area contributed by atoms with E-state index in [-0.39, 0.29) is 5.82 Å². The molecule has 1 unspecified atom stereocenters. The van der Waals surface area contributed by atoms with E-state index >= 15 is 0 Å². The maximum atomic E-state index is 13.6. The van der Waals surface area contributed by atoms with Crippen LogP contribution in [-0.4, -0.2) is 31.1 Å². The molecule has 0 aliphatic rings. The molecule has 1 aromatic heterocycles. The Morgan fingerprint density at radius 2 is 2.25 bits per heavy atom. The monoisotopic (exact) mass is 380 g/mol. The molecule has 2 aromatic rings. The highest BCUT2D eigenvalue weighted by molar-refractivity contribution is 9.10. The standard InChI is InChI=1S/C13H15BrClFN2OS/c1-2-20(19)6-5-18-12-7-9(14)10(16)8-11(12)17-13(18)3-4-15/h7-8H,2-6H2,1H3. The largest absolute Gasteiger partial charge is 0.327 e. The van der Waals surface area contributed by atoms with Crippen LogP contribution in [-0.2, 0) is 23.8 Å².